The standard InChI is InChI=1S/C19H20N4OS/c1-13-3-6-17(14(2)9-13)10-20-18(24)16-7-4-15(5-8-16)11-25-19-21-12-22-23-19/h3-9,12H,10-11H2,1-2H3,(H,20,24)(H,21,22,23). The van der Waals surface area contributed by atoms with Crippen molar-refractivity contribution in [2.24, 2.45) is 0 Å². The molecule has 0 saturated carbocycles. The molecule has 6 heteroatoms. The van der Waals surface area contributed by atoms with Gasteiger partial charge in [-0.05, 0) is 42.7 Å². The van der Waals surface area contributed by atoms with Gasteiger partial charge in [0, 0.05) is 17.9 Å². The Morgan fingerprint density at radius 3 is 2.64 bits per heavy atom. The van der Waals surface area contributed by atoms with Crippen molar-refractivity contribution < 1.29 is 4.79 Å². The van der Waals surface area contributed by atoms with E-state index in [1.54, 1.807) is 11.8 Å². The number of carbonyl (C=O) groups is 1. The van der Waals surface area contributed by atoms with Gasteiger partial charge in [-0.3, -0.25) is 9.89 Å². The first-order chi connectivity index (χ1) is 12.1. The van der Waals surface area contributed by atoms with Crippen LogP contribution in [0.25, 0.3) is 0 Å². The van der Waals surface area contributed by atoms with Gasteiger partial charge in [0.15, 0.2) is 5.16 Å². The third-order valence-corrected chi connectivity index (χ3v) is 4.87. The van der Waals surface area contributed by atoms with Crippen LogP contribution in [0, 0.1) is 13.8 Å². The van der Waals surface area contributed by atoms with Crippen LogP contribution < -0.4 is 5.32 Å². The highest BCUT2D eigenvalue weighted by Crippen LogP contribution is 2.18. The van der Waals surface area contributed by atoms with E-state index in [1.807, 2.05) is 24.3 Å². The molecule has 1 amide bonds. The van der Waals surface area contributed by atoms with Crippen LogP contribution in [0.1, 0.15) is 32.6 Å². The number of aromatic amines is 1. The normalized spacial score (nSPS) is 10.6. The Morgan fingerprint density at radius 1 is 1.16 bits per heavy atom. The summed E-state index contributed by atoms with van der Waals surface area (Å²) in [6.45, 7) is 4.67. The first-order valence-electron chi connectivity index (χ1n) is 8.03. The van der Waals surface area contributed by atoms with Gasteiger partial charge in [-0.25, -0.2) is 4.98 Å². The van der Waals surface area contributed by atoms with E-state index >= 15 is 0 Å². The SMILES string of the molecule is Cc1ccc(CNC(=O)c2ccc(CSc3ncn[nH]3)cc2)c(C)c1. The number of nitrogens with zero attached hydrogens (tertiary/aromatic N) is 2. The highest BCUT2D eigenvalue weighted by molar-refractivity contribution is 7.98. The van der Waals surface area contributed by atoms with Gasteiger partial charge in [0.05, 0.1) is 0 Å². The van der Waals surface area contributed by atoms with Crippen molar-refractivity contribution in [2.75, 3.05) is 0 Å². The lowest BCUT2D eigenvalue weighted by atomic mass is 10.1. The van der Waals surface area contributed by atoms with Gasteiger partial charge in [-0.15, -0.1) is 0 Å². The van der Waals surface area contributed by atoms with E-state index in [1.165, 1.54) is 17.5 Å². The molecule has 0 fully saturated rings. The molecule has 5 nitrogen and oxygen atoms in total. The molecule has 0 atom stereocenters. The Labute approximate surface area is 151 Å². The zero-order valence-electron chi connectivity index (χ0n) is 14.2. The van der Waals surface area contributed by atoms with E-state index < -0.39 is 0 Å². The molecule has 0 aliphatic heterocycles. The van der Waals surface area contributed by atoms with Gasteiger partial charge in [0.2, 0.25) is 0 Å². The number of hydrogen-bond acceptors (Lipinski definition) is 4. The average Bonchev–Trinajstić information content (AvgIpc) is 3.13. The number of aromatic nitrogens is 3. The minimum absolute atomic E-state index is 0.0607. The van der Waals surface area contributed by atoms with Gasteiger partial charge in [0.25, 0.3) is 5.91 Å². The first kappa shape index (κ1) is 17.2. The Morgan fingerprint density at radius 2 is 1.96 bits per heavy atom. The van der Waals surface area contributed by atoms with Crippen LogP contribution in [-0.4, -0.2) is 21.1 Å². The molecule has 0 aliphatic rings. The fraction of sp³-hybridized carbons (Fsp3) is 0.211. The lowest BCUT2D eigenvalue weighted by Crippen LogP contribution is -2.23. The molecular formula is C19H20N4OS. The molecule has 0 bridgehead atoms. The summed E-state index contributed by atoms with van der Waals surface area (Å²) in [6, 6.07) is 13.9. The maximum atomic E-state index is 12.3. The lowest BCUT2D eigenvalue weighted by molar-refractivity contribution is 0.0951. The third kappa shape index (κ3) is 4.70. The van der Waals surface area contributed by atoms with E-state index in [9.17, 15) is 4.79 Å². The van der Waals surface area contributed by atoms with Crippen LogP contribution >= 0.6 is 11.8 Å². The Balaban J connectivity index is 1.55. The zero-order valence-corrected chi connectivity index (χ0v) is 15.1. The van der Waals surface area contributed by atoms with Gasteiger partial charge in [-0.1, -0.05) is 47.7 Å². The average molecular weight is 352 g/mol. The van der Waals surface area contributed by atoms with Crippen molar-refractivity contribution in [3.05, 3.63) is 76.6 Å². The maximum absolute atomic E-state index is 12.3. The zero-order chi connectivity index (χ0) is 17.6. The summed E-state index contributed by atoms with van der Waals surface area (Å²) < 4.78 is 0. The number of rotatable bonds is 6. The number of amides is 1. The van der Waals surface area contributed by atoms with Crippen molar-refractivity contribution in [3.63, 3.8) is 0 Å². The fourth-order valence-electron chi connectivity index (χ4n) is 2.49. The van der Waals surface area contributed by atoms with Crippen LogP contribution in [0.3, 0.4) is 0 Å². The monoisotopic (exact) mass is 352 g/mol. The second-order valence-electron chi connectivity index (χ2n) is 5.89. The molecule has 0 radical (unpaired) electrons. The number of H-pyrrole nitrogens is 1. The highest BCUT2D eigenvalue weighted by atomic mass is 32.2. The molecule has 2 N–H and O–H groups in total. The van der Waals surface area contributed by atoms with Crippen molar-refractivity contribution in [2.45, 2.75) is 31.3 Å². The largest absolute Gasteiger partial charge is 0.348 e. The van der Waals surface area contributed by atoms with E-state index in [-0.39, 0.29) is 5.91 Å². The minimum atomic E-state index is -0.0607. The molecule has 0 unspecified atom stereocenters. The second kappa shape index (κ2) is 7.98. The molecule has 2 aromatic carbocycles. The summed E-state index contributed by atoms with van der Waals surface area (Å²) >= 11 is 1.57. The number of aryl methyl sites for hydroxylation is 2. The van der Waals surface area contributed by atoms with Crippen molar-refractivity contribution in [1.29, 1.82) is 0 Å². The van der Waals surface area contributed by atoms with Crippen molar-refractivity contribution in [3.8, 4) is 0 Å². The van der Waals surface area contributed by atoms with E-state index in [0.717, 1.165) is 22.0 Å². The molecule has 0 saturated heterocycles. The summed E-state index contributed by atoms with van der Waals surface area (Å²) in [5, 5.41) is 10.4. The number of nitrogens with one attached hydrogen (secondary N) is 2. The molecule has 25 heavy (non-hydrogen) atoms. The van der Waals surface area contributed by atoms with Crippen LogP contribution in [0.15, 0.2) is 53.9 Å². The number of thioether (sulfide) groups is 1. The van der Waals surface area contributed by atoms with Crippen LogP contribution in [0.4, 0.5) is 0 Å². The van der Waals surface area contributed by atoms with Crippen molar-refractivity contribution >= 4 is 17.7 Å². The Hall–Kier alpha value is -2.60. The quantitative estimate of drug-likeness (QED) is 0.665. The third-order valence-electron chi connectivity index (χ3n) is 3.92. The molecule has 1 aromatic heterocycles. The second-order valence-corrected chi connectivity index (χ2v) is 6.85. The molecular weight excluding hydrogens is 332 g/mol. The molecule has 3 rings (SSSR count). The fourth-order valence-corrected chi connectivity index (χ4v) is 3.22. The number of carbonyl (C=O) groups excluding carboxylic acids is 1. The molecule has 0 aliphatic carbocycles. The van der Waals surface area contributed by atoms with Crippen LogP contribution in [0.2, 0.25) is 0 Å². The predicted molar refractivity (Wildman–Crippen MR) is 99.5 cm³/mol. The van der Waals surface area contributed by atoms with Crippen LogP contribution in [0.5, 0.6) is 0 Å². The van der Waals surface area contributed by atoms with Gasteiger partial charge in [-0.2, -0.15) is 5.10 Å². The first-order valence-corrected chi connectivity index (χ1v) is 9.02. The van der Waals surface area contributed by atoms with E-state index in [2.05, 4.69) is 52.5 Å². The van der Waals surface area contributed by atoms with E-state index in [0.29, 0.717) is 12.1 Å². The van der Waals surface area contributed by atoms with Gasteiger partial charge < -0.3 is 5.32 Å². The number of hydrogen-bond donors (Lipinski definition) is 2. The summed E-state index contributed by atoms with van der Waals surface area (Å²) in [5.74, 6) is 0.717. The highest BCUT2D eigenvalue weighted by Gasteiger charge is 2.07. The summed E-state index contributed by atoms with van der Waals surface area (Å²) in [7, 11) is 0. The van der Waals surface area contributed by atoms with Gasteiger partial charge >= 0.3 is 0 Å². The molecule has 1 heterocycles. The lowest BCUT2D eigenvalue weighted by Gasteiger charge is -2.09. The minimum Gasteiger partial charge on any atom is -0.348 e. The van der Waals surface area contributed by atoms with E-state index in [4.69, 9.17) is 0 Å². The summed E-state index contributed by atoms with van der Waals surface area (Å²) in [5.41, 5.74) is 5.36. The summed E-state index contributed by atoms with van der Waals surface area (Å²) in [4.78, 5) is 16.4. The van der Waals surface area contributed by atoms with Gasteiger partial charge in [0.1, 0.15) is 6.33 Å². The predicted octanol–water partition coefficient (Wildman–Crippen LogP) is 3.64. The maximum Gasteiger partial charge on any atom is 0.251 e. The summed E-state index contributed by atoms with van der Waals surface area (Å²) in [6.07, 6.45) is 1.49. The Bertz CT molecular complexity index is 844. The molecule has 0 spiro atoms. The van der Waals surface area contributed by atoms with Crippen LogP contribution in [-0.2, 0) is 12.3 Å². The topological polar surface area (TPSA) is 70.7 Å². The smallest absolute Gasteiger partial charge is 0.251 e. The molecule has 128 valence electrons. The van der Waals surface area contributed by atoms with Crippen molar-refractivity contribution in [1.82, 2.24) is 20.5 Å². The molecule has 3 aromatic rings. The Kier molecular flexibility index (Phi) is 5.50. The number of benzene rings is 2.